The van der Waals surface area contributed by atoms with Crippen molar-refractivity contribution in [3.05, 3.63) is 36.4 Å². The van der Waals surface area contributed by atoms with E-state index in [-0.39, 0.29) is 4.21 Å². The molecule has 1 fully saturated rings. The van der Waals surface area contributed by atoms with E-state index in [0.29, 0.717) is 32.5 Å². The number of rotatable bonds is 8. The van der Waals surface area contributed by atoms with E-state index < -0.39 is 39.6 Å². The Labute approximate surface area is 216 Å². The van der Waals surface area contributed by atoms with Gasteiger partial charge in [-0.1, -0.05) is 0 Å². The fraction of sp³-hybridized carbons (Fsp3) is 0.520. The number of benzene rings is 1. The quantitative estimate of drug-likeness (QED) is 0.525. The molecule has 0 aliphatic carbocycles. The maximum Gasteiger partial charge on any atom is 0.410 e. The second-order valence-corrected chi connectivity index (χ2v) is 13.0. The second-order valence-electron chi connectivity index (χ2n) is 9.69. The molecule has 0 unspecified atom stereocenters. The van der Waals surface area contributed by atoms with Crippen molar-refractivity contribution in [2.45, 2.75) is 56.4 Å². The SMILES string of the molecule is CCOc1ccc(-c2ccc(S(=O)(=O)N(C)[C@@H](C(=O)O)C3CCN(C(=O)OC(C)(C)C)CC3)s2)cc1. The molecule has 11 heteroatoms. The van der Waals surface area contributed by atoms with Crippen LogP contribution < -0.4 is 4.74 Å². The van der Waals surface area contributed by atoms with Gasteiger partial charge in [0.15, 0.2) is 0 Å². The third kappa shape index (κ3) is 6.57. The Morgan fingerprint density at radius 2 is 1.75 bits per heavy atom. The molecule has 198 valence electrons. The molecule has 9 nitrogen and oxygen atoms in total. The van der Waals surface area contributed by atoms with Crippen molar-refractivity contribution in [1.29, 1.82) is 0 Å². The zero-order chi connectivity index (χ0) is 26.7. The number of piperidine rings is 1. The van der Waals surface area contributed by atoms with Gasteiger partial charge in [-0.25, -0.2) is 13.2 Å². The maximum atomic E-state index is 13.4. The van der Waals surface area contributed by atoms with E-state index >= 15 is 0 Å². The van der Waals surface area contributed by atoms with Gasteiger partial charge >= 0.3 is 12.1 Å². The first-order chi connectivity index (χ1) is 16.8. The summed E-state index contributed by atoms with van der Waals surface area (Å²) >= 11 is 1.09. The summed E-state index contributed by atoms with van der Waals surface area (Å²) in [5, 5.41) is 9.97. The highest BCUT2D eigenvalue weighted by Crippen LogP contribution is 2.35. The molecule has 1 aliphatic heterocycles. The van der Waals surface area contributed by atoms with Crippen LogP contribution in [0.1, 0.15) is 40.5 Å². The minimum absolute atomic E-state index is 0.0753. The van der Waals surface area contributed by atoms with Crippen molar-refractivity contribution in [2.24, 2.45) is 5.92 Å². The molecule has 36 heavy (non-hydrogen) atoms. The molecule has 0 radical (unpaired) electrons. The van der Waals surface area contributed by atoms with Gasteiger partial charge in [-0.05, 0) is 88.4 Å². The van der Waals surface area contributed by atoms with Gasteiger partial charge in [-0.2, -0.15) is 4.31 Å². The third-order valence-electron chi connectivity index (χ3n) is 5.95. The van der Waals surface area contributed by atoms with Crippen LogP contribution >= 0.6 is 11.3 Å². The first-order valence-electron chi connectivity index (χ1n) is 11.9. The minimum Gasteiger partial charge on any atom is -0.494 e. The van der Waals surface area contributed by atoms with Gasteiger partial charge in [0, 0.05) is 25.0 Å². The van der Waals surface area contributed by atoms with Crippen LogP contribution in [-0.4, -0.2) is 73.2 Å². The molecule has 0 spiro atoms. The predicted molar refractivity (Wildman–Crippen MR) is 138 cm³/mol. The first-order valence-corrected chi connectivity index (χ1v) is 14.1. The first kappa shape index (κ1) is 27.9. The number of ether oxygens (including phenoxy) is 2. The molecular formula is C25H34N2O7S2. The van der Waals surface area contributed by atoms with Gasteiger partial charge in [-0.3, -0.25) is 4.79 Å². The van der Waals surface area contributed by atoms with E-state index in [2.05, 4.69) is 0 Å². The zero-order valence-electron chi connectivity index (χ0n) is 21.3. The highest BCUT2D eigenvalue weighted by molar-refractivity contribution is 7.91. The van der Waals surface area contributed by atoms with Crippen LogP contribution in [0.2, 0.25) is 0 Å². The Morgan fingerprint density at radius 1 is 1.14 bits per heavy atom. The number of sulfonamides is 1. The molecule has 1 saturated heterocycles. The Kier molecular flexibility index (Phi) is 8.68. The number of likely N-dealkylation sites (tertiary alicyclic amines) is 1. The number of nitrogens with zero attached hydrogens (tertiary/aromatic N) is 2. The van der Waals surface area contributed by atoms with E-state index in [1.807, 2.05) is 31.2 Å². The van der Waals surface area contributed by atoms with Crippen LogP contribution in [0.5, 0.6) is 5.75 Å². The molecule has 2 aromatic rings. The van der Waals surface area contributed by atoms with E-state index in [4.69, 9.17) is 9.47 Å². The molecule has 1 aromatic carbocycles. The lowest BCUT2D eigenvalue weighted by Gasteiger charge is -2.37. The average Bonchev–Trinajstić information content (AvgIpc) is 3.30. The zero-order valence-corrected chi connectivity index (χ0v) is 22.9. The monoisotopic (exact) mass is 538 g/mol. The number of aliphatic carboxylic acids is 1. The van der Waals surface area contributed by atoms with E-state index in [1.165, 1.54) is 18.0 Å². The van der Waals surface area contributed by atoms with Crippen molar-refractivity contribution < 1.29 is 32.6 Å². The Bertz CT molecular complexity index is 1160. The van der Waals surface area contributed by atoms with Gasteiger partial charge in [0.1, 0.15) is 21.6 Å². The van der Waals surface area contributed by atoms with Crippen LogP contribution in [-0.2, 0) is 19.6 Å². The van der Waals surface area contributed by atoms with Crippen molar-refractivity contribution in [1.82, 2.24) is 9.21 Å². The van der Waals surface area contributed by atoms with Gasteiger partial charge in [0.2, 0.25) is 0 Å². The number of hydrogen-bond acceptors (Lipinski definition) is 7. The van der Waals surface area contributed by atoms with Gasteiger partial charge in [0.25, 0.3) is 10.0 Å². The fourth-order valence-electron chi connectivity index (χ4n) is 4.17. The van der Waals surface area contributed by atoms with E-state index in [0.717, 1.165) is 31.8 Å². The highest BCUT2D eigenvalue weighted by Gasteiger charge is 2.41. The summed E-state index contributed by atoms with van der Waals surface area (Å²) in [5.74, 6) is -0.918. The molecule has 1 N–H and O–H groups in total. The van der Waals surface area contributed by atoms with Crippen molar-refractivity contribution in [3.8, 4) is 16.2 Å². The van der Waals surface area contributed by atoms with Crippen molar-refractivity contribution >= 4 is 33.4 Å². The fourth-order valence-corrected chi connectivity index (χ4v) is 7.04. The summed E-state index contributed by atoms with van der Waals surface area (Å²) in [7, 11) is -2.74. The number of carboxylic acid groups (broad SMARTS) is 1. The number of thiophene rings is 1. The molecule has 0 saturated carbocycles. The lowest BCUT2D eigenvalue weighted by molar-refractivity contribution is -0.143. The van der Waals surface area contributed by atoms with Crippen molar-refractivity contribution in [3.63, 3.8) is 0 Å². The van der Waals surface area contributed by atoms with Crippen LogP contribution in [0.3, 0.4) is 0 Å². The number of carbonyl (C=O) groups excluding carboxylic acids is 1. The topological polar surface area (TPSA) is 113 Å². The normalized spacial score (nSPS) is 16.1. The van der Waals surface area contributed by atoms with E-state index in [1.54, 1.807) is 26.8 Å². The smallest absolute Gasteiger partial charge is 0.410 e. The molecule has 1 amide bonds. The molecule has 1 atom stereocenters. The largest absolute Gasteiger partial charge is 0.494 e. The van der Waals surface area contributed by atoms with Gasteiger partial charge in [-0.15, -0.1) is 11.3 Å². The summed E-state index contributed by atoms with van der Waals surface area (Å²) < 4.78 is 38.7. The summed E-state index contributed by atoms with van der Waals surface area (Å²) in [6.07, 6.45) is 0.268. The number of likely N-dealkylation sites (N-methyl/N-ethyl adjacent to an activating group) is 1. The molecule has 0 bridgehead atoms. The molecule has 1 aromatic heterocycles. The summed E-state index contributed by atoms with van der Waals surface area (Å²) in [5.41, 5.74) is 0.216. The number of carboxylic acids is 1. The van der Waals surface area contributed by atoms with Crippen LogP contribution in [0.25, 0.3) is 10.4 Å². The third-order valence-corrected chi connectivity index (χ3v) is 9.39. The second kappa shape index (κ2) is 11.2. The molecular weight excluding hydrogens is 504 g/mol. The van der Waals surface area contributed by atoms with Crippen LogP contribution in [0, 0.1) is 5.92 Å². The lowest BCUT2D eigenvalue weighted by Crippen LogP contribution is -2.51. The van der Waals surface area contributed by atoms with E-state index in [9.17, 15) is 23.1 Å². The van der Waals surface area contributed by atoms with Crippen molar-refractivity contribution in [2.75, 3.05) is 26.7 Å². The number of hydrogen-bond donors (Lipinski definition) is 1. The molecule has 1 aliphatic rings. The minimum atomic E-state index is -4.05. The summed E-state index contributed by atoms with van der Waals surface area (Å²) in [4.78, 5) is 26.9. The highest BCUT2D eigenvalue weighted by atomic mass is 32.2. The maximum absolute atomic E-state index is 13.4. The van der Waals surface area contributed by atoms with Crippen LogP contribution in [0.15, 0.2) is 40.6 Å². The van der Waals surface area contributed by atoms with Crippen LogP contribution in [0.4, 0.5) is 4.79 Å². The number of carbonyl (C=O) groups is 2. The van der Waals surface area contributed by atoms with Gasteiger partial charge < -0.3 is 19.5 Å². The molecule has 3 rings (SSSR count). The Hall–Kier alpha value is -2.63. The predicted octanol–water partition coefficient (Wildman–Crippen LogP) is 4.53. The summed E-state index contributed by atoms with van der Waals surface area (Å²) in [6, 6.07) is 9.34. The average molecular weight is 539 g/mol. The standard InChI is InChI=1S/C25H34N2O7S2/c1-6-33-19-9-7-17(8-10-19)20-11-12-21(35-20)36(31,32)26(5)22(23(28)29)18-13-15-27(16-14-18)24(30)34-25(2,3)4/h7-12,18,22H,6,13-16H2,1-5H3,(H,28,29)/t22-/m1/s1. The van der Waals surface area contributed by atoms with Gasteiger partial charge in [0.05, 0.1) is 6.61 Å². The number of amides is 1. The Morgan fingerprint density at radius 3 is 2.28 bits per heavy atom. The summed E-state index contributed by atoms with van der Waals surface area (Å²) in [6.45, 7) is 8.40. The Balaban J connectivity index is 1.73. The lowest BCUT2D eigenvalue weighted by atomic mass is 9.89. The molecule has 2 heterocycles.